The number of thiazole rings is 1. The van der Waals surface area contributed by atoms with Gasteiger partial charge in [0, 0.05) is 22.3 Å². The van der Waals surface area contributed by atoms with Gasteiger partial charge in [0.15, 0.2) is 0 Å². The van der Waals surface area contributed by atoms with Crippen LogP contribution >= 0.6 is 11.3 Å². The van der Waals surface area contributed by atoms with Gasteiger partial charge in [0.1, 0.15) is 5.01 Å². The first-order valence-electron chi connectivity index (χ1n) is 9.78. The minimum Gasteiger partial charge on any atom is -0.276 e. The van der Waals surface area contributed by atoms with Crippen LogP contribution < -0.4 is 4.72 Å². The Bertz CT molecular complexity index is 1120. The monoisotopic (exact) mass is 469 g/mol. The van der Waals surface area contributed by atoms with Crippen LogP contribution in [-0.2, 0) is 22.9 Å². The van der Waals surface area contributed by atoms with Gasteiger partial charge in [0.05, 0.1) is 11.4 Å². The maximum absolute atomic E-state index is 12.5. The van der Waals surface area contributed by atoms with E-state index in [9.17, 15) is 21.6 Å². The predicted molar refractivity (Wildman–Crippen MR) is 117 cm³/mol. The molecule has 0 spiro atoms. The van der Waals surface area contributed by atoms with Gasteiger partial charge in [-0.15, -0.1) is 11.3 Å². The number of sulfonamides is 1. The Labute approximate surface area is 183 Å². The highest BCUT2D eigenvalue weighted by atomic mass is 32.2. The highest BCUT2D eigenvalue weighted by Gasteiger charge is 2.46. The van der Waals surface area contributed by atoms with Gasteiger partial charge in [-0.3, -0.25) is 9.71 Å². The normalized spacial score (nSPS) is 12.2. The second-order valence-corrected chi connectivity index (χ2v) is 9.55. The van der Waals surface area contributed by atoms with Crippen molar-refractivity contribution in [3.05, 3.63) is 53.0 Å². The fourth-order valence-corrected chi connectivity index (χ4v) is 4.37. The summed E-state index contributed by atoms with van der Waals surface area (Å²) in [6.07, 6.45) is 3.87. The van der Waals surface area contributed by atoms with Gasteiger partial charge in [0.25, 0.3) is 0 Å². The summed E-state index contributed by atoms with van der Waals surface area (Å²) in [5.41, 5.74) is -1.18. The fourth-order valence-electron chi connectivity index (χ4n) is 3.02. The number of benzene rings is 1. The number of pyridine rings is 1. The van der Waals surface area contributed by atoms with Gasteiger partial charge in [-0.1, -0.05) is 38.8 Å². The highest BCUT2D eigenvalue weighted by molar-refractivity contribution is 7.93. The van der Waals surface area contributed by atoms with Crippen molar-refractivity contribution in [3.8, 4) is 22.0 Å². The standard InChI is InChI=1S/C21H22F3N3O2S2/c1-3-5-14-11-17(6-4-2)25-18(12-14)20-26-19(13-30-20)15-7-9-16(10-8-15)27-31(28,29)21(22,23)24/h7-13,27H,3-6H2,1-2H3. The Morgan fingerprint density at radius 3 is 2.26 bits per heavy atom. The van der Waals surface area contributed by atoms with Gasteiger partial charge in [-0.05, 0) is 42.7 Å². The van der Waals surface area contributed by atoms with Crippen LogP contribution in [0, 0.1) is 0 Å². The van der Waals surface area contributed by atoms with Crippen molar-refractivity contribution in [2.24, 2.45) is 0 Å². The summed E-state index contributed by atoms with van der Waals surface area (Å²) in [5, 5.41) is 2.60. The smallest absolute Gasteiger partial charge is 0.276 e. The molecule has 0 radical (unpaired) electrons. The van der Waals surface area contributed by atoms with Crippen molar-refractivity contribution in [2.45, 2.75) is 45.0 Å². The molecule has 0 aliphatic carbocycles. The van der Waals surface area contributed by atoms with Crippen molar-refractivity contribution in [3.63, 3.8) is 0 Å². The summed E-state index contributed by atoms with van der Waals surface area (Å²) in [5.74, 6) is 0. The number of rotatable bonds is 8. The zero-order valence-electron chi connectivity index (χ0n) is 17.0. The molecule has 0 unspecified atom stereocenters. The lowest BCUT2D eigenvalue weighted by atomic mass is 10.1. The Kier molecular flexibility index (Phi) is 7.00. The third kappa shape index (κ3) is 5.62. The molecule has 0 saturated carbocycles. The van der Waals surface area contributed by atoms with E-state index in [2.05, 4.69) is 24.9 Å². The first-order valence-corrected chi connectivity index (χ1v) is 12.1. The Hall–Kier alpha value is -2.46. The zero-order valence-corrected chi connectivity index (χ0v) is 18.7. The Morgan fingerprint density at radius 1 is 0.968 bits per heavy atom. The lowest BCUT2D eigenvalue weighted by molar-refractivity contribution is -0.0429. The molecule has 5 nitrogen and oxygen atoms in total. The topological polar surface area (TPSA) is 72.0 Å². The minimum atomic E-state index is -5.45. The number of aryl methyl sites for hydroxylation is 2. The molecule has 0 amide bonds. The number of hydrogen-bond donors (Lipinski definition) is 1. The Morgan fingerprint density at radius 2 is 1.65 bits per heavy atom. The first kappa shape index (κ1) is 23.2. The second-order valence-electron chi connectivity index (χ2n) is 7.02. The maximum atomic E-state index is 12.5. The van der Waals surface area contributed by atoms with E-state index in [0.717, 1.165) is 42.1 Å². The molecule has 3 rings (SSSR count). The van der Waals surface area contributed by atoms with Crippen LogP contribution in [0.5, 0.6) is 0 Å². The summed E-state index contributed by atoms with van der Waals surface area (Å²) >= 11 is 1.43. The van der Waals surface area contributed by atoms with Crippen molar-refractivity contribution in [1.29, 1.82) is 0 Å². The van der Waals surface area contributed by atoms with E-state index in [-0.39, 0.29) is 5.69 Å². The number of nitrogens with zero attached hydrogens (tertiary/aromatic N) is 2. The summed E-state index contributed by atoms with van der Waals surface area (Å²) in [4.78, 5) is 9.36. The minimum absolute atomic E-state index is 0.172. The van der Waals surface area contributed by atoms with Crippen LogP contribution in [0.2, 0.25) is 0 Å². The molecule has 1 aromatic carbocycles. The molecule has 1 N–H and O–H groups in total. The lowest BCUT2D eigenvalue weighted by Gasteiger charge is -2.10. The first-order chi connectivity index (χ1) is 14.6. The summed E-state index contributed by atoms with van der Waals surface area (Å²) in [6, 6.07) is 9.77. The molecule has 2 heterocycles. The quantitative estimate of drug-likeness (QED) is 0.437. The zero-order chi connectivity index (χ0) is 22.6. The molecule has 2 aromatic heterocycles. The number of anilines is 1. The van der Waals surface area contributed by atoms with Crippen LogP contribution in [0.3, 0.4) is 0 Å². The molecule has 0 bridgehead atoms. The third-order valence-corrected chi connectivity index (χ3v) is 6.42. The van der Waals surface area contributed by atoms with Crippen molar-refractivity contribution < 1.29 is 21.6 Å². The predicted octanol–water partition coefficient (Wildman–Crippen LogP) is 6.04. The van der Waals surface area contributed by atoms with Crippen LogP contribution in [0.4, 0.5) is 18.9 Å². The molecule has 0 fully saturated rings. The molecule has 0 atom stereocenters. The number of halogens is 3. The summed E-state index contributed by atoms with van der Waals surface area (Å²) < 4.78 is 61.5. The number of hydrogen-bond acceptors (Lipinski definition) is 5. The van der Waals surface area contributed by atoms with Gasteiger partial charge >= 0.3 is 15.5 Å². The molecular weight excluding hydrogens is 447 g/mol. The van der Waals surface area contributed by atoms with Crippen molar-refractivity contribution >= 4 is 27.0 Å². The van der Waals surface area contributed by atoms with E-state index in [1.165, 1.54) is 45.9 Å². The lowest BCUT2D eigenvalue weighted by Crippen LogP contribution is -2.29. The van der Waals surface area contributed by atoms with Crippen LogP contribution in [0.15, 0.2) is 41.8 Å². The summed E-state index contributed by atoms with van der Waals surface area (Å²) in [6.45, 7) is 4.23. The Balaban J connectivity index is 1.84. The SMILES string of the molecule is CCCc1cc(CCC)nc(-c2nc(-c3ccc(NS(=O)(=O)C(F)(F)F)cc3)cs2)c1. The third-order valence-electron chi connectivity index (χ3n) is 4.44. The van der Waals surface area contributed by atoms with E-state index < -0.39 is 15.5 Å². The van der Waals surface area contributed by atoms with Gasteiger partial charge in [0.2, 0.25) is 0 Å². The molecule has 31 heavy (non-hydrogen) atoms. The van der Waals surface area contributed by atoms with Gasteiger partial charge in [-0.25, -0.2) is 4.98 Å². The van der Waals surface area contributed by atoms with E-state index in [0.29, 0.717) is 11.3 Å². The molecular formula is C21H22F3N3O2S2. The highest BCUT2D eigenvalue weighted by Crippen LogP contribution is 2.31. The van der Waals surface area contributed by atoms with E-state index in [1.807, 2.05) is 11.4 Å². The molecule has 166 valence electrons. The van der Waals surface area contributed by atoms with Gasteiger partial charge in [-0.2, -0.15) is 21.6 Å². The van der Waals surface area contributed by atoms with E-state index >= 15 is 0 Å². The van der Waals surface area contributed by atoms with Crippen LogP contribution in [0.25, 0.3) is 22.0 Å². The average Bonchev–Trinajstić information content (AvgIpc) is 3.18. The fraction of sp³-hybridized carbons (Fsp3) is 0.333. The molecule has 0 saturated heterocycles. The maximum Gasteiger partial charge on any atom is 0.516 e. The van der Waals surface area contributed by atoms with E-state index in [4.69, 9.17) is 4.98 Å². The summed E-state index contributed by atoms with van der Waals surface area (Å²) in [7, 11) is -5.45. The molecule has 0 aliphatic rings. The number of nitrogens with one attached hydrogen (secondary N) is 1. The number of alkyl halides is 3. The second kappa shape index (κ2) is 9.35. The molecule has 10 heteroatoms. The largest absolute Gasteiger partial charge is 0.516 e. The van der Waals surface area contributed by atoms with Crippen molar-refractivity contribution in [1.82, 2.24) is 9.97 Å². The average molecular weight is 470 g/mol. The molecule has 0 aliphatic heterocycles. The molecule has 3 aromatic rings. The van der Waals surface area contributed by atoms with Crippen molar-refractivity contribution in [2.75, 3.05) is 4.72 Å². The van der Waals surface area contributed by atoms with Crippen LogP contribution in [-0.4, -0.2) is 23.9 Å². The van der Waals surface area contributed by atoms with Crippen LogP contribution in [0.1, 0.15) is 37.9 Å². The van der Waals surface area contributed by atoms with Gasteiger partial charge < -0.3 is 0 Å². The van der Waals surface area contributed by atoms with E-state index in [1.54, 1.807) is 0 Å². The number of aromatic nitrogens is 2.